The Hall–Kier alpha value is -2.66. The Kier molecular flexibility index (Phi) is 5.95. The van der Waals surface area contributed by atoms with Crippen molar-refractivity contribution in [3.63, 3.8) is 0 Å². The summed E-state index contributed by atoms with van der Waals surface area (Å²) in [6.07, 6.45) is 4.39. The second-order valence-electron chi connectivity index (χ2n) is 7.59. The highest BCUT2D eigenvalue weighted by Crippen LogP contribution is 2.37. The molecule has 0 saturated heterocycles. The molecule has 0 amide bonds. The molecule has 1 aliphatic carbocycles. The Balaban J connectivity index is 1.41. The Morgan fingerprint density at radius 1 is 1.10 bits per heavy atom. The molecule has 150 valence electrons. The molecule has 4 nitrogen and oxygen atoms in total. The van der Waals surface area contributed by atoms with Crippen molar-refractivity contribution in [2.24, 2.45) is 0 Å². The van der Waals surface area contributed by atoms with Crippen molar-refractivity contribution in [2.45, 2.75) is 38.1 Å². The first-order valence-electron chi connectivity index (χ1n) is 10.2. The summed E-state index contributed by atoms with van der Waals surface area (Å²) in [5.74, 6) is 1.07. The first-order valence-corrected chi connectivity index (χ1v) is 10.6. The average molecular weight is 407 g/mol. The summed E-state index contributed by atoms with van der Waals surface area (Å²) in [6, 6.07) is 18.3. The van der Waals surface area contributed by atoms with Crippen LogP contribution in [0.4, 0.5) is 0 Å². The molecule has 1 heterocycles. The largest absolute Gasteiger partial charge is 0.494 e. The smallest absolute Gasteiger partial charge is 0.173 e. The maximum absolute atomic E-state index is 12.6. The fourth-order valence-corrected chi connectivity index (χ4v) is 4.28. The van der Waals surface area contributed by atoms with Gasteiger partial charge in [0.15, 0.2) is 10.9 Å². The third-order valence-electron chi connectivity index (χ3n) is 5.63. The van der Waals surface area contributed by atoms with Crippen molar-refractivity contribution in [3.8, 4) is 5.75 Å². The van der Waals surface area contributed by atoms with Gasteiger partial charge < -0.3 is 15.0 Å². The van der Waals surface area contributed by atoms with Gasteiger partial charge in [0.2, 0.25) is 0 Å². The first-order chi connectivity index (χ1) is 14.1. The van der Waals surface area contributed by atoms with Gasteiger partial charge in [0, 0.05) is 24.7 Å². The van der Waals surface area contributed by atoms with E-state index in [9.17, 15) is 4.79 Å². The summed E-state index contributed by atoms with van der Waals surface area (Å²) in [7, 11) is 1.94. The van der Waals surface area contributed by atoms with Gasteiger partial charge in [-0.3, -0.25) is 4.79 Å². The van der Waals surface area contributed by atoms with E-state index in [0.29, 0.717) is 18.1 Å². The second-order valence-corrected chi connectivity index (χ2v) is 7.97. The molecule has 4 rings (SSSR count). The second kappa shape index (κ2) is 8.78. The summed E-state index contributed by atoms with van der Waals surface area (Å²) in [5.41, 5.74) is 4.30. The Labute approximate surface area is 177 Å². The molecule has 2 aromatic rings. The van der Waals surface area contributed by atoms with Crippen molar-refractivity contribution < 1.29 is 9.53 Å². The van der Waals surface area contributed by atoms with E-state index < -0.39 is 0 Å². The van der Waals surface area contributed by atoms with Crippen LogP contribution in [0.15, 0.2) is 65.9 Å². The van der Waals surface area contributed by atoms with Crippen LogP contribution in [0.3, 0.4) is 0 Å². The van der Waals surface area contributed by atoms with E-state index in [-0.39, 0.29) is 11.8 Å². The number of nitrogens with zero attached hydrogens (tertiary/aromatic N) is 1. The molecule has 1 unspecified atom stereocenters. The van der Waals surface area contributed by atoms with Crippen molar-refractivity contribution in [3.05, 3.63) is 77.0 Å². The Morgan fingerprint density at radius 2 is 1.86 bits per heavy atom. The average Bonchev–Trinajstić information content (AvgIpc) is 2.75. The number of hydrogen-bond acceptors (Lipinski definition) is 3. The fourth-order valence-electron chi connectivity index (χ4n) is 4.06. The molecule has 1 N–H and O–H groups in total. The van der Waals surface area contributed by atoms with Crippen LogP contribution in [0, 0.1) is 0 Å². The van der Waals surface area contributed by atoms with Crippen molar-refractivity contribution >= 4 is 23.1 Å². The number of carbonyl (C=O) groups excluding carboxylic acids is 1. The zero-order valence-corrected chi connectivity index (χ0v) is 17.5. The number of Topliss-reactive ketones (excluding diaryl/α,β-unsaturated/α-hetero) is 1. The van der Waals surface area contributed by atoms with Crippen molar-refractivity contribution in [1.82, 2.24) is 10.2 Å². The molecule has 0 bridgehead atoms. The third kappa shape index (κ3) is 4.35. The van der Waals surface area contributed by atoms with E-state index >= 15 is 0 Å². The van der Waals surface area contributed by atoms with Gasteiger partial charge in [-0.15, -0.1) is 0 Å². The molecule has 0 aromatic heterocycles. The number of benzene rings is 2. The van der Waals surface area contributed by atoms with Gasteiger partial charge in [0.25, 0.3) is 0 Å². The highest BCUT2D eigenvalue weighted by molar-refractivity contribution is 7.80. The number of carbonyl (C=O) groups is 1. The van der Waals surface area contributed by atoms with E-state index in [4.69, 9.17) is 17.0 Å². The topological polar surface area (TPSA) is 41.6 Å². The molecule has 0 spiro atoms. The van der Waals surface area contributed by atoms with Gasteiger partial charge in [-0.1, -0.05) is 42.5 Å². The molecule has 0 fully saturated rings. The maximum Gasteiger partial charge on any atom is 0.173 e. The lowest BCUT2D eigenvalue weighted by Gasteiger charge is -2.39. The number of ether oxygens (including phenoxy) is 1. The fraction of sp³-hybridized carbons (Fsp3) is 0.333. The van der Waals surface area contributed by atoms with Crippen LogP contribution < -0.4 is 10.1 Å². The highest BCUT2D eigenvalue weighted by atomic mass is 32.1. The van der Waals surface area contributed by atoms with E-state index in [2.05, 4.69) is 29.6 Å². The van der Waals surface area contributed by atoms with Gasteiger partial charge in [-0.2, -0.15) is 0 Å². The molecule has 0 saturated carbocycles. The van der Waals surface area contributed by atoms with Crippen LogP contribution >= 0.6 is 12.2 Å². The standard InChI is InChI=1S/C24H26N2O2S/c1-26-20-10-5-11-21(27)22(20)23(25-24(26)29)18-12-14-19(15-13-18)28-16-6-9-17-7-3-2-4-8-17/h2-4,7-8,12-15,23H,5-6,9-11,16H2,1H3,(H,25,29). The predicted octanol–water partition coefficient (Wildman–Crippen LogP) is 4.57. The molecular weight excluding hydrogens is 380 g/mol. The van der Waals surface area contributed by atoms with Crippen molar-refractivity contribution in [1.29, 1.82) is 0 Å². The lowest BCUT2D eigenvalue weighted by atomic mass is 9.85. The Morgan fingerprint density at radius 3 is 2.62 bits per heavy atom. The van der Waals surface area contributed by atoms with Crippen LogP contribution in [0.5, 0.6) is 5.75 Å². The number of ketones is 1. The predicted molar refractivity (Wildman–Crippen MR) is 119 cm³/mol. The summed E-state index contributed by atoms with van der Waals surface area (Å²) >= 11 is 5.49. The summed E-state index contributed by atoms with van der Waals surface area (Å²) in [6.45, 7) is 0.679. The zero-order chi connectivity index (χ0) is 20.2. The van der Waals surface area contributed by atoms with Gasteiger partial charge in [-0.05, 0) is 61.2 Å². The molecular formula is C24H26N2O2S. The minimum Gasteiger partial charge on any atom is -0.494 e. The van der Waals surface area contributed by atoms with Crippen LogP contribution in [0.1, 0.15) is 42.9 Å². The molecule has 2 aliphatic rings. The third-order valence-corrected chi connectivity index (χ3v) is 6.02. The SMILES string of the molecule is CN1C(=S)NC(c2ccc(OCCCc3ccccc3)cc2)C2=C1CCCC2=O. The number of rotatable bonds is 6. The number of nitrogens with one attached hydrogen (secondary N) is 1. The molecule has 0 radical (unpaired) electrons. The summed E-state index contributed by atoms with van der Waals surface area (Å²) in [4.78, 5) is 14.6. The number of allylic oxidation sites excluding steroid dienone is 1. The molecule has 1 atom stereocenters. The summed E-state index contributed by atoms with van der Waals surface area (Å²) < 4.78 is 5.90. The minimum absolute atomic E-state index is 0.173. The van der Waals surface area contributed by atoms with E-state index in [1.807, 2.05) is 42.3 Å². The van der Waals surface area contributed by atoms with Gasteiger partial charge >= 0.3 is 0 Å². The van der Waals surface area contributed by atoms with Gasteiger partial charge in [-0.25, -0.2) is 0 Å². The van der Waals surface area contributed by atoms with Gasteiger partial charge in [0.05, 0.1) is 12.6 Å². The summed E-state index contributed by atoms with van der Waals surface area (Å²) in [5, 5.41) is 4.01. The normalized spacial score (nSPS) is 19.1. The number of thiocarbonyl (C=S) groups is 1. The van der Waals surface area contributed by atoms with E-state index in [1.54, 1.807) is 0 Å². The van der Waals surface area contributed by atoms with Crippen LogP contribution in [-0.2, 0) is 11.2 Å². The monoisotopic (exact) mass is 406 g/mol. The minimum atomic E-state index is -0.173. The lowest BCUT2D eigenvalue weighted by molar-refractivity contribution is -0.116. The van der Waals surface area contributed by atoms with E-state index in [0.717, 1.165) is 48.3 Å². The number of hydrogen-bond donors (Lipinski definition) is 1. The highest BCUT2D eigenvalue weighted by Gasteiger charge is 2.35. The Bertz CT molecular complexity index is 922. The van der Waals surface area contributed by atoms with Crippen LogP contribution in [0.25, 0.3) is 0 Å². The molecule has 1 aliphatic heterocycles. The quantitative estimate of drug-likeness (QED) is 0.562. The van der Waals surface area contributed by atoms with Crippen LogP contribution in [0.2, 0.25) is 0 Å². The van der Waals surface area contributed by atoms with Crippen molar-refractivity contribution in [2.75, 3.05) is 13.7 Å². The molecule has 5 heteroatoms. The maximum atomic E-state index is 12.6. The zero-order valence-electron chi connectivity index (χ0n) is 16.7. The van der Waals surface area contributed by atoms with Crippen LogP contribution in [-0.4, -0.2) is 29.5 Å². The molecule has 29 heavy (non-hydrogen) atoms. The molecule has 2 aromatic carbocycles. The number of aryl methyl sites for hydroxylation is 1. The van der Waals surface area contributed by atoms with Gasteiger partial charge in [0.1, 0.15) is 5.75 Å². The lowest BCUT2D eigenvalue weighted by Crippen LogP contribution is -2.47. The van der Waals surface area contributed by atoms with E-state index in [1.165, 1.54) is 5.56 Å². The first kappa shape index (κ1) is 19.6.